The second kappa shape index (κ2) is 7.16. The Bertz CT molecular complexity index is 1070. The van der Waals surface area contributed by atoms with E-state index in [1.54, 1.807) is 30.3 Å². The molecule has 0 radical (unpaired) electrons. The van der Waals surface area contributed by atoms with Gasteiger partial charge in [-0.1, -0.05) is 29.8 Å². The van der Waals surface area contributed by atoms with Crippen molar-refractivity contribution in [1.29, 1.82) is 0 Å². The molecule has 4 rings (SSSR count). The summed E-state index contributed by atoms with van der Waals surface area (Å²) in [7, 11) is 1.28. The van der Waals surface area contributed by atoms with E-state index in [-0.39, 0.29) is 7.69 Å². The lowest BCUT2D eigenvalue weighted by Crippen LogP contribution is -2.12. The van der Waals surface area contributed by atoms with Crippen LogP contribution in [0.1, 0.15) is 0 Å². The van der Waals surface area contributed by atoms with Gasteiger partial charge in [-0.3, -0.25) is 5.32 Å². The number of carbonyl (C=O) groups is 1. The molecule has 0 aromatic heterocycles. The fraction of sp³-hybridized carbons (Fsp3) is 0.0556. The molecule has 27 heavy (non-hydrogen) atoms. The van der Waals surface area contributed by atoms with E-state index in [0.29, 0.717) is 39.0 Å². The number of nitrogens with zero attached hydrogens (tertiary/aromatic N) is 2. The molecule has 1 N–H and O–H groups in total. The van der Waals surface area contributed by atoms with Crippen molar-refractivity contribution in [2.24, 2.45) is 10.2 Å². The van der Waals surface area contributed by atoms with Gasteiger partial charge in [-0.15, -0.1) is 10.2 Å². The summed E-state index contributed by atoms with van der Waals surface area (Å²) in [4.78, 5) is 11.7. The van der Waals surface area contributed by atoms with E-state index in [2.05, 4.69) is 15.5 Å². The molecule has 1 heterocycles. The quantitative estimate of drug-likeness (QED) is 0.593. The second-order valence-corrected chi connectivity index (χ2v) is 6.09. The number of anilines is 1. The number of benzene rings is 3. The smallest absolute Gasteiger partial charge is 0.527 e. The van der Waals surface area contributed by atoms with Crippen LogP contribution in [0.25, 0.3) is 10.8 Å². The van der Waals surface area contributed by atoms with E-state index in [1.807, 2.05) is 18.2 Å². The Morgan fingerprint density at radius 1 is 1.11 bits per heavy atom. The van der Waals surface area contributed by atoms with Crippen molar-refractivity contribution in [2.75, 3.05) is 12.4 Å². The molecule has 3 aromatic rings. The number of azo groups is 1. The number of carbonyl (C=O) groups excluding carboxylic acids is 1. The molecule has 0 bridgehead atoms. The first-order valence-electron chi connectivity index (χ1n) is 8.03. The number of ether oxygens (including phenoxy) is 1. The van der Waals surface area contributed by atoms with E-state index in [0.717, 1.165) is 5.39 Å². The van der Waals surface area contributed by atoms with Gasteiger partial charge in [0.15, 0.2) is 0 Å². The summed E-state index contributed by atoms with van der Waals surface area (Å²) in [6.45, 7) is 0. The number of nitrogens with one attached hydrogen (secondary N) is 1. The van der Waals surface area contributed by atoms with Gasteiger partial charge in [0, 0.05) is 10.4 Å². The lowest BCUT2D eigenvalue weighted by molar-refractivity contribution is 0.187. The van der Waals surface area contributed by atoms with Crippen molar-refractivity contribution in [1.82, 2.24) is 0 Å². The zero-order valence-electron chi connectivity index (χ0n) is 14.2. The van der Waals surface area contributed by atoms with E-state index >= 15 is 0 Å². The fourth-order valence-corrected chi connectivity index (χ4v) is 2.94. The standard InChI is InChI=1S/C18H13BClN3O4/c1-25-18(24)21-12-4-2-3-10-5-7-15-17(16(10)12)23-22-13-9-11(20)6-8-14(13)26-19-27-15/h2-9,19H,1H3,(H,21,24). The summed E-state index contributed by atoms with van der Waals surface area (Å²) in [6.07, 6.45) is -0.582. The van der Waals surface area contributed by atoms with Crippen LogP contribution in [0.4, 0.5) is 21.9 Å². The zero-order valence-corrected chi connectivity index (χ0v) is 15.0. The second-order valence-electron chi connectivity index (χ2n) is 5.65. The van der Waals surface area contributed by atoms with Crippen LogP contribution < -0.4 is 14.6 Å². The molecule has 0 saturated heterocycles. The monoisotopic (exact) mass is 381 g/mol. The number of hydrogen-bond donors (Lipinski definition) is 1. The Morgan fingerprint density at radius 3 is 2.78 bits per heavy atom. The first-order chi connectivity index (χ1) is 13.2. The van der Waals surface area contributed by atoms with Gasteiger partial charge in [0.1, 0.15) is 22.9 Å². The maximum atomic E-state index is 11.7. The Hall–Kier alpha value is -3.26. The third kappa shape index (κ3) is 3.39. The van der Waals surface area contributed by atoms with Crippen molar-refractivity contribution in [3.8, 4) is 11.5 Å². The average molecular weight is 382 g/mol. The minimum absolute atomic E-state index is 0.0230. The summed E-state index contributed by atoms with van der Waals surface area (Å²) in [5.74, 6) is 0.984. The van der Waals surface area contributed by atoms with Crippen molar-refractivity contribution >= 4 is 53.2 Å². The number of hydrogen-bond acceptors (Lipinski definition) is 6. The Labute approximate surface area is 160 Å². The predicted molar refractivity (Wildman–Crippen MR) is 104 cm³/mol. The lowest BCUT2D eigenvalue weighted by atomic mass is 10.1. The number of amides is 1. The predicted octanol–water partition coefficient (Wildman–Crippen LogP) is 5.12. The molecule has 1 aliphatic heterocycles. The zero-order chi connectivity index (χ0) is 18.8. The van der Waals surface area contributed by atoms with E-state index < -0.39 is 6.09 Å². The van der Waals surface area contributed by atoms with Crippen LogP contribution in [0.2, 0.25) is 5.02 Å². The molecule has 0 unspecified atom stereocenters. The molecule has 0 spiro atoms. The van der Waals surface area contributed by atoms with Gasteiger partial charge in [-0.2, -0.15) is 0 Å². The normalized spacial score (nSPS) is 12.2. The minimum atomic E-state index is -0.582. The highest BCUT2D eigenvalue weighted by Gasteiger charge is 2.17. The molecule has 0 atom stereocenters. The van der Waals surface area contributed by atoms with Crippen LogP contribution in [0.3, 0.4) is 0 Å². The molecule has 1 aliphatic rings. The summed E-state index contributed by atoms with van der Waals surface area (Å²) in [5, 5.41) is 13.4. The van der Waals surface area contributed by atoms with Crippen molar-refractivity contribution in [2.45, 2.75) is 0 Å². The molecule has 1 amide bonds. The fourth-order valence-electron chi connectivity index (χ4n) is 2.77. The van der Waals surface area contributed by atoms with Gasteiger partial charge in [0.25, 0.3) is 0 Å². The highest BCUT2D eigenvalue weighted by Crippen LogP contribution is 2.42. The van der Waals surface area contributed by atoms with Crippen molar-refractivity contribution < 1.29 is 18.8 Å². The highest BCUT2D eigenvalue weighted by molar-refractivity contribution is 6.31. The Balaban J connectivity index is 1.91. The van der Waals surface area contributed by atoms with Gasteiger partial charge in [-0.05, 0) is 35.7 Å². The van der Waals surface area contributed by atoms with E-state index in [9.17, 15) is 4.79 Å². The van der Waals surface area contributed by atoms with Crippen molar-refractivity contribution in [3.05, 3.63) is 53.6 Å². The largest absolute Gasteiger partial charge is 0.576 e. The van der Waals surface area contributed by atoms with Gasteiger partial charge in [0.2, 0.25) is 0 Å². The van der Waals surface area contributed by atoms with Crippen molar-refractivity contribution in [3.63, 3.8) is 0 Å². The number of fused-ring (bicyclic) bond motifs is 4. The third-order valence-corrected chi connectivity index (χ3v) is 4.25. The lowest BCUT2D eigenvalue weighted by Gasteiger charge is -2.13. The molecule has 3 aromatic carbocycles. The van der Waals surface area contributed by atoms with Gasteiger partial charge >= 0.3 is 13.8 Å². The SMILES string of the molecule is COC(=O)Nc1cccc2ccc3c(c12)N=Nc1cc(Cl)ccc1OBO3. The van der Waals surface area contributed by atoms with Gasteiger partial charge in [0.05, 0.1) is 12.8 Å². The first kappa shape index (κ1) is 17.2. The topological polar surface area (TPSA) is 81.5 Å². The third-order valence-electron chi connectivity index (χ3n) is 4.01. The number of rotatable bonds is 1. The number of methoxy groups -OCH3 is 1. The highest BCUT2D eigenvalue weighted by atomic mass is 35.5. The molecule has 9 heteroatoms. The molecule has 7 nitrogen and oxygen atoms in total. The first-order valence-corrected chi connectivity index (χ1v) is 8.41. The summed E-state index contributed by atoms with van der Waals surface area (Å²) < 4.78 is 16.1. The van der Waals surface area contributed by atoms with Crippen LogP contribution in [-0.4, -0.2) is 20.9 Å². The summed E-state index contributed by atoms with van der Waals surface area (Å²) in [6, 6.07) is 14.2. The average Bonchev–Trinajstić information content (AvgIpc) is 2.76. The molecule has 0 saturated carbocycles. The van der Waals surface area contributed by atoms with Crippen LogP contribution in [0, 0.1) is 0 Å². The molecular formula is C18H13BClN3O4. The Kier molecular flexibility index (Phi) is 4.56. The Morgan fingerprint density at radius 2 is 1.93 bits per heavy atom. The minimum Gasteiger partial charge on any atom is -0.527 e. The van der Waals surface area contributed by atoms with Crippen LogP contribution in [-0.2, 0) is 4.74 Å². The summed E-state index contributed by atoms with van der Waals surface area (Å²) in [5.41, 5.74) is 1.48. The van der Waals surface area contributed by atoms with Gasteiger partial charge in [-0.25, -0.2) is 4.79 Å². The van der Waals surface area contributed by atoms with E-state index in [4.69, 9.17) is 25.6 Å². The van der Waals surface area contributed by atoms with E-state index in [1.165, 1.54) is 7.11 Å². The number of halogens is 1. The van der Waals surface area contributed by atoms with Crippen LogP contribution >= 0.6 is 11.6 Å². The van der Waals surface area contributed by atoms with Crippen LogP contribution in [0.5, 0.6) is 11.5 Å². The summed E-state index contributed by atoms with van der Waals surface area (Å²) >= 11 is 6.06. The maximum absolute atomic E-state index is 11.7. The van der Waals surface area contributed by atoms with Crippen LogP contribution in [0.15, 0.2) is 58.8 Å². The molecule has 0 aliphatic carbocycles. The molecule has 0 fully saturated rings. The maximum Gasteiger partial charge on any atom is 0.576 e. The molecular weight excluding hydrogens is 368 g/mol. The molecule has 134 valence electrons. The van der Waals surface area contributed by atoms with Gasteiger partial charge < -0.3 is 14.0 Å².